The van der Waals surface area contributed by atoms with Crippen LogP contribution >= 0.6 is 0 Å². The summed E-state index contributed by atoms with van der Waals surface area (Å²) in [6, 6.07) is 0. The maximum atomic E-state index is 11.4. The lowest BCUT2D eigenvalue weighted by atomic mass is 9.72. The average Bonchev–Trinajstić information content (AvgIpc) is 2.18. The maximum absolute atomic E-state index is 11.4. The summed E-state index contributed by atoms with van der Waals surface area (Å²) >= 11 is 0. The summed E-state index contributed by atoms with van der Waals surface area (Å²) in [7, 11) is 1.66. The Hall–Kier alpha value is -0.610. The van der Waals surface area contributed by atoms with E-state index in [0.717, 1.165) is 25.9 Å². The van der Waals surface area contributed by atoms with Crippen LogP contribution in [0.2, 0.25) is 0 Å². The van der Waals surface area contributed by atoms with Gasteiger partial charge in [0.15, 0.2) is 0 Å². The van der Waals surface area contributed by atoms with Crippen LogP contribution in [0.25, 0.3) is 0 Å². The Kier molecular flexibility index (Phi) is 2.98. The fourth-order valence-electron chi connectivity index (χ4n) is 2.75. The monoisotopic (exact) mass is 213 g/mol. The second-order valence-electron chi connectivity index (χ2n) is 4.65. The van der Waals surface area contributed by atoms with Crippen molar-refractivity contribution in [1.82, 2.24) is 4.90 Å². The minimum Gasteiger partial charge on any atom is -0.480 e. The number of likely N-dealkylation sites (tertiary alicyclic amines) is 1. The van der Waals surface area contributed by atoms with Gasteiger partial charge in [-0.15, -0.1) is 0 Å². The number of hydrogen-bond donors (Lipinski definition) is 1. The Bertz CT molecular complexity index is 242. The van der Waals surface area contributed by atoms with Gasteiger partial charge in [-0.05, 0) is 25.9 Å². The number of methoxy groups -OCH3 is 1. The highest BCUT2D eigenvalue weighted by Crippen LogP contribution is 2.41. The highest BCUT2D eigenvalue weighted by molar-refractivity contribution is 5.80. The number of hydrogen-bond acceptors (Lipinski definition) is 3. The standard InChI is InChI=1S/C11H19NO3/c1-15-9-7-11(8-9,10(13)14)12-5-3-2-4-6-12/h9H,2-8H2,1H3,(H,13,14). The molecule has 0 aromatic carbocycles. The summed E-state index contributed by atoms with van der Waals surface area (Å²) in [6.07, 6.45) is 4.94. The first-order chi connectivity index (χ1) is 7.19. The highest BCUT2D eigenvalue weighted by atomic mass is 16.5. The third kappa shape index (κ3) is 1.76. The van der Waals surface area contributed by atoms with Crippen molar-refractivity contribution in [3.8, 4) is 0 Å². The number of piperidine rings is 1. The molecule has 0 radical (unpaired) electrons. The minimum absolute atomic E-state index is 0.142. The molecule has 4 heteroatoms. The van der Waals surface area contributed by atoms with Crippen molar-refractivity contribution in [2.24, 2.45) is 0 Å². The van der Waals surface area contributed by atoms with E-state index < -0.39 is 11.5 Å². The first-order valence-corrected chi connectivity index (χ1v) is 5.70. The van der Waals surface area contributed by atoms with Crippen LogP contribution in [-0.2, 0) is 9.53 Å². The molecule has 15 heavy (non-hydrogen) atoms. The van der Waals surface area contributed by atoms with Crippen LogP contribution in [0.4, 0.5) is 0 Å². The smallest absolute Gasteiger partial charge is 0.324 e. The van der Waals surface area contributed by atoms with Crippen molar-refractivity contribution >= 4 is 5.97 Å². The van der Waals surface area contributed by atoms with Gasteiger partial charge in [0.2, 0.25) is 0 Å². The molecule has 0 unspecified atom stereocenters. The van der Waals surface area contributed by atoms with E-state index in [4.69, 9.17) is 4.74 Å². The van der Waals surface area contributed by atoms with Crippen molar-refractivity contribution in [1.29, 1.82) is 0 Å². The Labute approximate surface area is 90.2 Å². The Morgan fingerprint density at radius 2 is 1.93 bits per heavy atom. The van der Waals surface area contributed by atoms with E-state index in [1.165, 1.54) is 6.42 Å². The number of carbonyl (C=O) groups is 1. The van der Waals surface area contributed by atoms with Crippen molar-refractivity contribution in [2.75, 3.05) is 20.2 Å². The first-order valence-electron chi connectivity index (χ1n) is 5.70. The summed E-state index contributed by atoms with van der Waals surface area (Å²) in [5.74, 6) is -0.669. The van der Waals surface area contributed by atoms with E-state index in [1.807, 2.05) is 0 Å². The molecule has 1 aliphatic carbocycles. The van der Waals surface area contributed by atoms with Crippen LogP contribution in [0, 0.1) is 0 Å². The lowest BCUT2D eigenvalue weighted by molar-refractivity contribution is -0.172. The van der Waals surface area contributed by atoms with E-state index >= 15 is 0 Å². The molecule has 0 spiro atoms. The van der Waals surface area contributed by atoms with Gasteiger partial charge in [0.05, 0.1) is 6.10 Å². The van der Waals surface area contributed by atoms with Gasteiger partial charge >= 0.3 is 5.97 Å². The largest absolute Gasteiger partial charge is 0.480 e. The topological polar surface area (TPSA) is 49.8 Å². The van der Waals surface area contributed by atoms with Crippen LogP contribution in [0.5, 0.6) is 0 Å². The minimum atomic E-state index is -0.669. The SMILES string of the molecule is COC1CC(C(=O)O)(N2CCCCC2)C1. The predicted octanol–water partition coefficient (Wildman–Crippen LogP) is 1.10. The van der Waals surface area contributed by atoms with E-state index in [9.17, 15) is 9.90 Å². The predicted molar refractivity (Wildman–Crippen MR) is 55.8 cm³/mol. The van der Waals surface area contributed by atoms with Crippen LogP contribution in [0.15, 0.2) is 0 Å². The molecule has 2 aliphatic rings. The molecule has 1 saturated heterocycles. The van der Waals surface area contributed by atoms with Crippen molar-refractivity contribution in [3.63, 3.8) is 0 Å². The number of ether oxygens (including phenoxy) is 1. The zero-order chi connectivity index (χ0) is 10.9. The van der Waals surface area contributed by atoms with Crippen molar-refractivity contribution in [2.45, 2.75) is 43.7 Å². The fourth-order valence-corrected chi connectivity index (χ4v) is 2.75. The van der Waals surface area contributed by atoms with Crippen molar-refractivity contribution < 1.29 is 14.6 Å². The summed E-state index contributed by atoms with van der Waals surface area (Å²) < 4.78 is 5.19. The molecule has 1 saturated carbocycles. The third-order valence-electron chi connectivity index (χ3n) is 3.82. The lowest BCUT2D eigenvalue weighted by Gasteiger charge is -2.51. The average molecular weight is 213 g/mol. The number of carboxylic acid groups (broad SMARTS) is 1. The summed E-state index contributed by atoms with van der Waals surface area (Å²) in [6.45, 7) is 1.87. The molecule has 2 rings (SSSR count). The molecule has 1 aliphatic heterocycles. The van der Waals surface area contributed by atoms with E-state index in [0.29, 0.717) is 12.8 Å². The molecular weight excluding hydrogens is 194 g/mol. The highest BCUT2D eigenvalue weighted by Gasteiger charge is 2.54. The van der Waals surface area contributed by atoms with Crippen molar-refractivity contribution in [3.05, 3.63) is 0 Å². The molecule has 0 bridgehead atoms. The zero-order valence-corrected chi connectivity index (χ0v) is 9.24. The van der Waals surface area contributed by atoms with Gasteiger partial charge in [-0.2, -0.15) is 0 Å². The van der Waals surface area contributed by atoms with Crippen LogP contribution in [0.3, 0.4) is 0 Å². The second kappa shape index (κ2) is 4.10. The number of aliphatic carboxylic acids is 1. The first kappa shape index (κ1) is 10.9. The third-order valence-corrected chi connectivity index (χ3v) is 3.82. The maximum Gasteiger partial charge on any atom is 0.324 e. The molecule has 1 N–H and O–H groups in total. The molecule has 0 aromatic rings. The summed E-state index contributed by atoms with van der Waals surface area (Å²) in [4.78, 5) is 13.5. The van der Waals surface area contributed by atoms with Crippen LogP contribution in [-0.4, -0.2) is 47.8 Å². The number of carboxylic acids is 1. The van der Waals surface area contributed by atoms with Gasteiger partial charge in [-0.3, -0.25) is 9.69 Å². The molecule has 2 fully saturated rings. The Balaban J connectivity index is 2.03. The summed E-state index contributed by atoms with van der Waals surface area (Å²) in [5.41, 5.74) is -0.610. The van der Waals surface area contributed by atoms with Crippen LogP contribution in [0.1, 0.15) is 32.1 Å². The van der Waals surface area contributed by atoms with E-state index in [2.05, 4.69) is 4.90 Å². The van der Waals surface area contributed by atoms with Gasteiger partial charge in [0, 0.05) is 20.0 Å². The molecule has 0 atom stereocenters. The molecule has 4 nitrogen and oxygen atoms in total. The van der Waals surface area contributed by atoms with Gasteiger partial charge in [-0.25, -0.2) is 0 Å². The second-order valence-corrected chi connectivity index (χ2v) is 4.65. The van der Waals surface area contributed by atoms with Gasteiger partial charge in [0.1, 0.15) is 5.54 Å². The lowest BCUT2D eigenvalue weighted by Crippen LogP contribution is -2.65. The van der Waals surface area contributed by atoms with Gasteiger partial charge in [0.25, 0.3) is 0 Å². The van der Waals surface area contributed by atoms with Crippen LogP contribution < -0.4 is 0 Å². The molecular formula is C11H19NO3. The quantitative estimate of drug-likeness (QED) is 0.763. The number of nitrogens with zero attached hydrogens (tertiary/aromatic N) is 1. The molecule has 0 aromatic heterocycles. The normalized spacial score (nSPS) is 37.3. The van der Waals surface area contributed by atoms with E-state index in [1.54, 1.807) is 7.11 Å². The summed E-state index contributed by atoms with van der Waals surface area (Å²) in [5, 5.41) is 9.35. The van der Waals surface area contributed by atoms with Gasteiger partial charge in [-0.1, -0.05) is 6.42 Å². The molecule has 86 valence electrons. The molecule has 1 heterocycles. The van der Waals surface area contributed by atoms with Gasteiger partial charge < -0.3 is 9.84 Å². The zero-order valence-electron chi connectivity index (χ0n) is 9.24. The van der Waals surface area contributed by atoms with E-state index in [-0.39, 0.29) is 6.10 Å². The number of rotatable bonds is 3. The Morgan fingerprint density at radius 3 is 2.40 bits per heavy atom. The molecule has 0 amide bonds. The fraction of sp³-hybridized carbons (Fsp3) is 0.909. The Morgan fingerprint density at radius 1 is 1.33 bits per heavy atom.